The number of benzene rings is 2. The Labute approximate surface area is 202 Å². The fourth-order valence-corrected chi connectivity index (χ4v) is 5.97. The van der Waals surface area contributed by atoms with Crippen LogP contribution >= 0.6 is 23.1 Å². The fourth-order valence-electron chi connectivity index (χ4n) is 4.41. The summed E-state index contributed by atoms with van der Waals surface area (Å²) in [6.45, 7) is 0. The van der Waals surface area contributed by atoms with E-state index in [0.717, 1.165) is 39.6 Å². The number of nitrogens with zero attached hydrogens (tertiary/aromatic N) is 2. The molecular weight excluding hydrogens is 448 g/mol. The lowest BCUT2D eigenvalue weighted by Gasteiger charge is -2.22. The zero-order valence-electron chi connectivity index (χ0n) is 18.5. The number of thioether (sulfide) groups is 1. The smallest absolute Gasteiger partial charge is 0.226 e. The number of thiazole rings is 1. The average molecular weight is 477 g/mol. The number of amides is 1. The average Bonchev–Trinajstić information content (AvgIpc) is 3.49. The van der Waals surface area contributed by atoms with Crippen molar-refractivity contribution >= 4 is 45.2 Å². The molecule has 0 atom stereocenters. The molecule has 0 radical (unpaired) electrons. The Morgan fingerprint density at radius 2 is 1.88 bits per heavy atom. The van der Waals surface area contributed by atoms with Crippen molar-refractivity contribution in [1.29, 1.82) is 0 Å². The molecule has 0 saturated heterocycles. The Kier molecular flexibility index (Phi) is 7.07. The van der Waals surface area contributed by atoms with Crippen molar-refractivity contribution in [2.75, 3.05) is 11.1 Å². The normalized spacial score (nSPS) is 14.5. The second-order valence-corrected chi connectivity index (χ2v) is 10.5. The summed E-state index contributed by atoms with van der Waals surface area (Å²) in [6.07, 6.45) is 7.95. The Morgan fingerprint density at radius 3 is 2.70 bits per heavy atom. The zero-order chi connectivity index (χ0) is 22.5. The Balaban J connectivity index is 1.08. The number of carbonyl (C=O) groups excluding carboxylic acids is 1. The van der Waals surface area contributed by atoms with Crippen LogP contribution in [0.3, 0.4) is 0 Å². The van der Waals surface area contributed by atoms with Crippen LogP contribution < -0.4 is 5.32 Å². The highest BCUT2D eigenvalue weighted by atomic mass is 32.2. The summed E-state index contributed by atoms with van der Waals surface area (Å²) >= 11 is 3.13. The first-order chi connectivity index (χ1) is 16.2. The quantitative estimate of drug-likeness (QED) is 0.208. The van der Waals surface area contributed by atoms with Gasteiger partial charge in [0.1, 0.15) is 0 Å². The van der Waals surface area contributed by atoms with Gasteiger partial charge in [-0.2, -0.15) is 0 Å². The highest BCUT2D eigenvalue weighted by Gasteiger charge is 2.16. The fraction of sp³-hybridized carbons (Fsp3) is 0.346. The summed E-state index contributed by atoms with van der Waals surface area (Å²) in [5, 5.41) is 6.53. The minimum atomic E-state index is 0.00810. The summed E-state index contributed by atoms with van der Waals surface area (Å²) in [4.78, 5) is 24.8. The number of para-hydroxylation sites is 2. The van der Waals surface area contributed by atoms with Gasteiger partial charge in [0, 0.05) is 23.1 Å². The molecule has 4 aromatic rings. The Bertz CT molecular complexity index is 1180. The van der Waals surface area contributed by atoms with Crippen molar-refractivity contribution in [1.82, 2.24) is 15.0 Å². The van der Waals surface area contributed by atoms with Crippen LogP contribution in [0.15, 0.2) is 59.1 Å². The van der Waals surface area contributed by atoms with Gasteiger partial charge in [-0.1, -0.05) is 67.4 Å². The molecule has 0 aliphatic heterocycles. The van der Waals surface area contributed by atoms with Crippen molar-refractivity contribution in [3.63, 3.8) is 0 Å². The number of aromatic amines is 1. The van der Waals surface area contributed by atoms with E-state index in [9.17, 15) is 4.79 Å². The number of carbonyl (C=O) groups is 1. The van der Waals surface area contributed by atoms with Crippen molar-refractivity contribution < 1.29 is 4.79 Å². The van der Waals surface area contributed by atoms with Gasteiger partial charge in [0.05, 0.1) is 16.7 Å². The number of aromatic nitrogens is 3. The molecule has 1 aliphatic rings. The van der Waals surface area contributed by atoms with E-state index in [1.807, 2.05) is 29.6 Å². The number of hydrogen-bond donors (Lipinski definition) is 2. The molecule has 170 valence electrons. The van der Waals surface area contributed by atoms with Crippen LogP contribution in [0.4, 0.5) is 5.13 Å². The van der Waals surface area contributed by atoms with E-state index in [1.165, 1.54) is 49.0 Å². The zero-order valence-corrected chi connectivity index (χ0v) is 20.2. The number of rotatable bonds is 8. The third kappa shape index (κ3) is 5.65. The third-order valence-corrected chi connectivity index (χ3v) is 7.91. The number of fused-ring (bicyclic) bond motifs is 1. The second kappa shape index (κ2) is 10.5. The molecule has 1 aliphatic carbocycles. The maximum Gasteiger partial charge on any atom is 0.226 e. The van der Waals surface area contributed by atoms with Crippen molar-refractivity contribution in [2.45, 2.75) is 56.0 Å². The first kappa shape index (κ1) is 22.2. The van der Waals surface area contributed by atoms with Gasteiger partial charge in [0.2, 0.25) is 5.91 Å². The lowest BCUT2D eigenvalue weighted by molar-refractivity contribution is -0.116. The topological polar surface area (TPSA) is 70.7 Å². The molecular formula is C26H28N4OS2. The molecule has 2 N–H and O–H groups in total. The molecule has 2 heterocycles. The van der Waals surface area contributed by atoms with Gasteiger partial charge < -0.3 is 10.3 Å². The first-order valence-corrected chi connectivity index (χ1v) is 13.5. The maximum atomic E-state index is 12.4. The largest absolute Gasteiger partial charge is 0.333 e. The SMILES string of the molecule is O=C(CCCSc1nc2ccccc2[nH]1)Nc1nc(-c2ccc(C3CCCCC3)cc2)cs1. The van der Waals surface area contributed by atoms with Gasteiger partial charge in [0.25, 0.3) is 0 Å². The van der Waals surface area contributed by atoms with E-state index in [2.05, 4.69) is 44.5 Å². The van der Waals surface area contributed by atoms with Crippen LogP contribution in [0.25, 0.3) is 22.3 Å². The van der Waals surface area contributed by atoms with Crippen LogP contribution in [0, 0.1) is 0 Å². The summed E-state index contributed by atoms with van der Waals surface area (Å²) in [7, 11) is 0. The maximum absolute atomic E-state index is 12.4. The van der Waals surface area contributed by atoms with E-state index in [1.54, 1.807) is 11.8 Å². The lowest BCUT2D eigenvalue weighted by Crippen LogP contribution is -2.11. The van der Waals surface area contributed by atoms with Gasteiger partial charge in [-0.05, 0) is 42.9 Å². The molecule has 1 amide bonds. The minimum Gasteiger partial charge on any atom is -0.333 e. The Hall–Kier alpha value is -2.64. The Morgan fingerprint density at radius 1 is 1.06 bits per heavy atom. The predicted octanol–water partition coefficient (Wildman–Crippen LogP) is 7.25. The standard InChI is InChI=1S/C26H28N4OS2/c31-24(11-6-16-32-25-27-21-9-4-5-10-22(21)28-25)30-26-29-23(17-33-26)20-14-12-19(13-15-20)18-7-2-1-3-8-18/h4-5,9-10,12-15,17-18H,1-3,6-8,11,16H2,(H,27,28)(H,29,30,31). The van der Waals surface area contributed by atoms with Crippen LogP contribution in [0.2, 0.25) is 0 Å². The second-order valence-electron chi connectivity index (χ2n) is 8.55. The van der Waals surface area contributed by atoms with Gasteiger partial charge in [-0.25, -0.2) is 9.97 Å². The highest BCUT2D eigenvalue weighted by molar-refractivity contribution is 7.99. The van der Waals surface area contributed by atoms with Crippen molar-refractivity contribution in [3.8, 4) is 11.3 Å². The predicted molar refractivity (Wildman–Crippen MR) is 138 cm³/mol. The molecule has 0 bridgehead atoms. The number of anilines is 1. The van der Waals surface area contributed by atoms with Crippen LogP contribution in [0.1, 0.15) is 56.4 Å². The number of imidazole rings is 1. The van der Waals surface area contributed by atoms with Gasteiger partial charge in [-0.15, -0.1) is 11.3 Å². The lowest BCUT2D eigenvalue weighted by atomic mass is 9.84. The molecule has 1 saturated carbocycles. The van der Waals surface area contributed by atoms with Gasteiger partial charge >= 0.3 is 0 Å². The molecule has 2 aromatic carbocycles. The van der Waals surface area contributed by atoms with E-state index in [4.69, 9.17) is 0 Å². The third-order valence-electron chi connectivity index (χ3n) is 6.19. The molecule has 5 nitrogen and oxygen atoms in total. The van der Waals surface area contributed by atoms with Crippen molar-refractivity contribution in [3.05, 3.63) is 59.5 Å². The van der Waals surface area contributed by atoms with Crippen LogP contribution in [-0.4, -0.2) is 26.6 Å². The molecule has 5 rings (SSSR count). The van der Waals surface area contributed by atoms with Crippen molar-refractivity contribution in [2.24, 2.45) is 0 Å². The molecule has 1 fully saturated rings. The molecule has 0 unspecified atom stereocenters. The molecule has 2 aromatic heterocycles. The van der Waals surface area contributed by atoms with Gasteiger partial charge in [0.15, 0.2) is 10.3 Å². The molecule has 7 heteroatoms. The summed E-state index contributed by atoms with van der Waals surface area (Å²) in [6, 6.07) is 16.8. The first-order valence-electron chi connectivity index (χ1n) is 11.7. The van der Waals surface area contributed by atoms with E-state index < -0.39 is 0 Å². The highest BCUT2D eigenvalue weighted by Crippen LogP contribution is 2.34. The van der Waals surface area contributed by atoms with Gasteiger partial charge in [-0.3, -0.25) is 4.79 Å². The summed E-state index contributed by atoms with van der Waals surface area (Å²) in [5.41, 5.74) is 5.49. The summed E-state index contributed by atoms with van der Waals surface area (Å²) < 4.78 is 0. The number of nitrogens with one attached hydrogen (secondary N) is 2. The van der Waals surface area contributed by atoms with E-state index >= 15 is 0 Å². The molecule has 0 spiro atoms. The monoisotopic (exact) mass is 476 g/mol. The molecule has 33 heavy (non-hydrogen) atoms. The van der Waals surface area contributed by atoms with E-state index in [0.29, 0.717) is 17.5 Å². The van der Waals surface area contributed by atoms with Crippen LogP contribution in [0.5, 0.6) is 0 Å². The van der Waals surface area contributed by atoms with E-state index in [-0.39, 0.29) is 5.91 Å². The minimum absolute atomic E-state index is 0.00810. The summed E-state index contributed by atoms with van der Waals surface area (Å²) in [5.74, 6) is 1.56. The van der Waals surface area contributed by atoms with Crippen LogP contribution in [-0.2, 0) is 4.79 Å². The number of H-pyrrole nitrogens is 1. The number of hydrogen-bond acceptors (Lipinski definition) is 5.